The van der Waals surface area contributed by atoms with Crippen LogP contribution in [-0.2, 0) is 6.54 Å². The topological polar surface area (TPSA) is 64.8 Å². The quantitative estimate of drug-likeness (QED) is 0.880. The summed E-state index contributed by atoms with van der Waals surface area (Å²) in [6.45, 7) is 10.6. The van der Waals surface area contributed by atoms with Crippen LogP contribution in [0.3, 0.4) is 0 Å². The zero-order chi connectivity index (χ0) is 14.4. The number of nitrogens with zero attached hydrogens (tertiary/aromatic N) is 4. The average Bonchev–Trinajstić information content (AvgIpc) is 2.81. The third-order valence-corrected chi connectivity index (χ3v) is 4.51. The van der Waals surface area contributed by atoms with Gasteiger partial charge in [-0.05, 0) is 34.1 Å². The molecule has 108 valence electrons. The maximum atomic E-state index is 10.4. The Morgan fingerprint density at radius 2 is 1.68 bits per heavy atom. The van der Waals surface area contributed by atoms with Gasteiger partial charge >= 0.3 is 0 Å². The van der Waals surface area contributed by atoms with Crippen molar-refractivity contribution in [1.82, 2.24) is 19.9 Å². The van der Waals surface area contributed by atoms with Crippen molar-refractivity contribution in [3.8, 4) is 0 Å². The fourth-order valence-corrected chi connectivity index (χ4v) is 2.42. The molecule has 1 aromatic rings. The highest BCUT2D eigenvalue weighted by Gasteiger charge is 2.58. The van der Waals surface area contributed by atoms with Gasteiger partial charge in [0.25, 0.3) is 0 Å². The molecule has 2 rings (SSSR count). The third kappa shape index (κ3) is 1.99. The van der Waals surface area contributed by atoms with Crippen molar-refractivity contribution < 1.29 is 10.4 Å². The molecule has 0 spiro atoms. The number of aryl methyl sites for hydroxylation is 1. The van der Waals surface area contributed by atoms with Crippen molar-refractivity contribution >= 4 is 0 Å². The van der Waals surface area contributed by atoms with Crippen LogP contribution in [0.4, 0.5) is 0 Å². The molecular formula is C13H24N4O2. The van der Waals surface area contributed by atoms with Crippen molar-refractivity contribution in [3.63, 3.8) is 0 Å². The van der Waals surface area contributed by atoms with Gasteiger partial charge in [0.2, 0.25) is 0 Å². The van der Waals surface area contributed by atoms with Crippen LogP contribution in [0.5, 0.6) is 0 Å². The van der Waals surface area contributed by atoms with Gasteiger partial charge in [0.05, 0.1) is 17.3 Å². The van der Waals surface area contributed by atoms with Gasteiger partial charge in [-0.3, -0.25) is 4.68 Å². The van der Waals surface area contributed by atoms with Crippen LogP contribution in [0, 0.1) is 0 Å². The van der Waals surface area contributed by atoms with E-state index in [9.17, 15) is 10.4 Å². The average molecular weight is 268 g/mol. The van der Waals surface area contributed by atoms with Crippen LogP contribution in [-0.4, -0.2) is 41.4 Å². The summed E-state index contributed by atoms with van der Waals surface area (Å²) in [5.74, 6) is 0. The standard InChI is InChI=1S/C13H24N4O2/c1-6-7-15-9-10(8-14-15)11-16(18)12(2,3)13(4,5)17(11)19/h8-9,11,18-19H,6-7H2,1-5H3. The van der Waals surface area contributed by atoms with Crippen LogP contribution in [0.25, 0.3) is 0 Å². The summed E-state index contributed by atoms with van der Waals surface area (Å²) in [7, 11) is 0. The molecular weight excluding hydrogens is 244 g/mol. The number of hydrogen-bond acceptors (Lipinski definition) is 5. The molecule has 0 amide bonds. The van der Waals surface area contributed by atoms with Gasteiger partial charge < -0.3 is 10.4 Å². The molecule has 0 bridgehead atoms. The molecule has 6 nitrogen and oxygen atoms in total. The highest BCUT2D eigenvalue weighted by molar-refractivity contribution is 5.17. The number of hydroxylamine groups is 4. The molecule has 0 aliphatic carbocycles. The van der Waals surface area contributed by atoms with E-state index in [1.54, 1.807) is 6.20 Å². The zero-order valence-electron chi connectivity index (χ0n) is 12.3. The second-order valence-corrected chi connectivity index (χ2v) is 6.22. The molecule has 1 aliphatic heterocycles. The number of aromatic nitrogens is 2. The highest BCUT2D eigenvalue weighted by Crippen LogP contribution is 2.47. The molecule has 1 aromatic heterocycles. The monoisotopic (exact) mass is 268 g/mol. The predicted octanol–water partition coefficient (Wildman–Crippen LogP) is 2.24. The summed E-state index contributed by atoms with van der Waals surface area (Å²) in [6, 6.07) is 0. The maximum Gasteiger partial charge on any atom is 0.139 e. The van der Waals surface area contributed by atoms with Gasteiger partial charge in [-0.2, -0.15) is 15.2 Å². The minimum Gasteiger partial charge on any atom is -0.311 e. The van der Waals surface area contributed by atoms with E-state index in [0.29, 0.717) is 0 Å². The lowest BCUT2D eigenvalue weighted by Crippen LogP contribution is -2.52. The van der Waals surface area contributed by atoms with Crippen molar-refractivity contribution in [1.29, 1.82) is 0 Å². The molecule has 2 heterocycles. The molecule has 1 fully saturated rings. The Morgan fingerprint density at radius 1 is 1.16 bits per heavy atom. The van der Waals surface area contributed by atoms with Gasteiger partial charge in [0.15, 0.2) is 0 Å². The molecule has 0 radical (unpaired) electrons. The van der Waals surface area contributed by atoms with Gasteiger partial charge in [0.1, 0.15) is 6.17 Å². The van der Waals surface area contributed by atoms with Crippen molar-refractivity contribution in [2.45, 2.75) is 64.8 Å². The summed E-state index contributed by atoms with van der Waals surface area (Å²) in [4.78, 5) is 0. The minimum atomic E-state index is -0.587. The van der Waals surface area contributed by atoms with Gasteiger partial charge in [-0.15, -0.1) is 0 Å². The van der Waals surface area contributed by atoms with Crippen LogP contribution >= 0.6 is 0 Å². The van der Waals surface area contributed by atoms with Crippen LogP contribution < -0.4 is 0 Å². The first-order valence-corrected chi connectivity index (χ1v) is 6.72. The largest absolute Gasteiger partial charge is 0.311 e. The molecule has 19 heavy (non-hydrogen) atoms. The Balaban J connectivity index is 2.34. The van der Waals surface area contributed by atoms with Crippen molar-refractivity contribution in [3.05, 3.63) is 18.0 Å². The molecule has 1 aliphatic rings. The maximum absolute atomic E-state index is 10.4. The summed E-state index contributed by atoms with van der Waals surface area (Å²) >= 11 is 0. The smallest absolute Gasteiger partial charge is 0.139 e. The van der Waals surface area contributed by atoms with Gasteiger partial charge in [-0.1, -0.05) is 6.92 Å². The van der Waals surface area contributed by atoms with Crippen LogP contribution in [0.1, 0.15) is 52.8 Å². The van der Waals surface area contributed by atoms with Gasteiger partial charge in [0, 0.05) is 18.3 Å². The summed E-state index contributed by atoms with van der Waals surface area (Å²) in [5, 5.41) is 27.5. The minimum absolute atomic E-state index is 0.570. The normalized spacial score (nSPS) is 24.2. The Kier molecular flexibility index (Phi) is 3.47. The zero-order valence-corrected chi connectivity index (χ0v) is 12.3. The lowest BCUT2D eigenvalue weighted by atomic mass is 9.84. The number of rotatable bonds is 3. The third-order valence-electron chi connectivity index (χ3n) is 4.51. The van der Waals surface area contributed by atoms with Crippen LogP contribution in [0.2, 0.25) is 0 Å². The van der Waals surface area contributed by atoms with E-state index >= 15 is 0 Å². The van der Waals surface area contributed by atoms with E-state index in [1.807, 2.05) is 38.6 Å². The fourth-order valence-electron chi connectivity index (χ4n) is 2.42. The molecule has 6 heteroatoms. The Hall–Kier alpha value is -0.950. The summed E-state index contributed by atoms with van der Waals surface area (Å²) in [6.07, 6.45) is 3.98. The first-order chi connectivity index (χ1) is 8.73. The van der Waals surface area contributed by atoms with Crippen molar-refractivity contribution in [2.24, 2.45) is 0 Å². The second-order valence-electron chi connectivity index (χ2n) is 6.22. The predicted molar refractivity (Wildman–Crippen MR) is 70.7 cm³/mol. The summed E-state index contributed by atoms with van der Waals surface area (Å²) in [5.41, 5.74) is -0.351. The fraction of sp³-hybridized carbons (Fsp3) is 0.769. The first kappa shape index (κ1) is 14.5. The van der Waals surface area contributed by atoms with Crippen LogP contribution in [0.15, 0.2) is 12.4 Å². The van der Waals surface area contributed by atoms with E-state index in [4.69, 9.17) is 0 Å². The second kappa shape index (κ2) is 4.56. The highest BCUT2D eigenvalue weighted by atomic mass is 16.6. The van der Waals surface area contributed by atoms with Gasteiger partial charge in [-0.25, -0.2) is 0 Å². The lowest BCUT2D eigenvalue weighted by Gasteiger charge is -2.37. The SMILES string of the molecule is CCCn1cc(C2N(O)C(C)(C)C(C)(C)N2O)cn1. The van der Waals surface area contributed by atoms with E-state index in [0.717, 1.165) is 18.5 Å². The molecule has 0 atom stereocenters. The Bertz CT molecular complexity index is 435. The van der Waals surface area contributed by atoms with Crippen molar-refractivity contribution in [2.75, 3.05) is 0 Å². The molecule has 0 aromatic carbocycles. The Morgan fingerprint density at radius 3 is 2.16 bits per heavy atom. The summed E-state index contributed by atoms with van der Waals surface area (Å²) < 4.78 is 1.83. The molecule has 0 saturated carbocycles. The molecule has 1 saturated heterocycles. The van der Waals surface area contributed by atoms with E-state index in [-0.39, 0.29) is 0 Å². The van der Waals surface area contributed by atoms with E-state index in [2.05, 4.69) is 12.0 Å². The Labute approximate surface area is 114 Å². The first-order valence-electron chi connectivity index (χ1n) is 6.72. The molecule has 2 N–H and O–H groups in total. The van der Waals surface area contributed by atoms with E-state index in [1.165, 1.54) is 10.1 Å². The number of hydrogen-bond donors (Lipinski definition) is 2. The molecule has 0 unspecified atom stereocenters. The van der Waals surface area contributed by atoms with E-state index < -0.39 is 17.2 Å². The lowest BCUT2D eigenvalue weighted by molar-refractivity contribution is -0.223.